The van der Waals surface area contributed by atoms with Crippen LogP contribution in [0.3, 0.4) is 0 Å². The molecule has 0 aliphatic heterocycles. The fraction of sp³-hybridized carbons (Fsp3) is 0.0230. The van der Waals surface area contributed by atoms with E-state index >= 15 is 13.2 Å². The Bertz CT molecular complexity index is 5920. The van der Waals surface area contributed by atoms with Crippen LogP contribution >= 0.6 is 0 Å². The van der Waals surface area contributed by atoms with Gasteiger partial charge in [-0.2, -0.15) is 18.4 Å². The number of halogens is 3. The van der Waals surface area contributed by atoms with Crippen LogP contribution in [-0.4, -0.2) is 27.4 Å². The number of hydrogen-bond acceptors (Lipinski definition) is 1. The second-order valence-corrected chi connectivity index (χ2v) is 25.5. The van der Waals surface area contributed by atoms with Crippen LogP contribution in [0.5, 0.6) is 0 Å². The van der Waals surface area contributed by atoms with Gasteiger partial charge >= 0.3 is 6.18 Å². The molecule has 0 spiro atoms. The number of aryl methyl sites for hydroxylation is 1. The number of nitrogens with zero attached hydrogens (tertiary/aromatic N) is 7. The summed E-state index contributed by atoms with van der Waals surface area (Å²) in [5, 5.41) is 25.3. The van der Waals surface area contributed by atoms with Crippen molar-refractivity contribution in [3.05, 3.63) is 314 Å². The second-order valence-electron chi connectivity index (χ2n) is 25.5. The largest absolute Gasteiger partial charge is 0.416 e. The van der Waals surface area contributed by atoms with Gasteiger partial charge in [-0.25, -0.2) is 0 Å². The van der Waals surface area contributed by atoms with E-state index in [4.69, 9.17) is 0 Å². The zero-order valence-electron chi connectivity index (χ0n) is 52.1. The van der Waals surface area contributed by atoms with Crippen LogP contribution in [0.25, 0.3) is 176 Å². The molecule has 456 valence electrons. The molecular weight excluding hydrogens is 1200 g/mol. The zero-order valence-corrected chi connectivity index (χ0v) is 52.1. The highest BCUT2D eigenvalue weighted by Crippen LogP contribution is 2.46. The summed E-state index contributed by atoms with van der Waals surface area (Å²) < 4.78 is 59.9. The van der Waals surface area contributed by atoms with Crippen molar-refractivity contribution in [3.63, 3.8) is 0 Å². The Kier molecular flexibility index (Phi) is 11.5. The molecule has 0 bridgehead atoms. The molecule has 6 aromatic heterocycles. The minimum atomic E-state index is -4.66. The van der Waals surface area contributed by atoms with Gasteiger partial charge < -0.3 is 27.4 Å². The summed E-state index contributed by atoms with van der Waals surface area (Å²) in [4.78, 5) is 0. The van der Waals surface area contributed by atoms with Gasteiger partial charge in [0.15, 0.2) is 0 Å². The quantitative estimate of drug-likeness (QED) is 0.157. The molecule has 0 N–H and O–H groups in total. The van der Waals surface area contributed by atoms with Crippen molar-refractivity contribution in [2.45, 2.75) is 13.1 Å². The summed E-state index contributed by atoms with van der Waals surface area (Å²) in [5.74, 6) is 0. The summed E-state index contributed by atoms with van der Waals surface area (Å²) in [6, 6.07) is 105. The minimum Gasteiger partial charge on any atom is -0.309 e. The van der Waals surface area contributed by atoms with E-state index in [1.165, 1.54) is 12.1 Å². The highest BCUT2D eigenvalue weighted by Gasteiger charge is 2.32. The fourth-order valence-electron chi connectivity index (χ4n) is 16.2. The topological polar surface area (TPSA) is 53.4 Å². The van der Waals surface area contributed by atoms with E-state index in [1.807, 2.05) is 18.2 Å². The lowest BCUT2D eigenvalue weighted by atomic mass is 9.96. The van der Waals surface area contributed by atoms with Crippen molar-refractivity contribution < 1.29 is 13.2 Å². The van der Waals surface area contributed by atoms with Gasteiger partial charge in [-0.15, -0.1) is 0 Å². The monoisotopic (exact) mass is 1250 g/mol. The Morgan fingerprint density at radius 1 is 0.258 bits per heavy atom. The first-order valence-electron chi connectivity index (χ1n) is 32.5. The van der Waals surface area contributed by atoms with E-state index in [-0.39, 0.29) is 0 Å². The van der Waals surface area contributed by atoms with Crippen molar-refractivity contribution in [1.29, 1.82) is 5.26 Å². The SMILES string of the molecule is Cc1cc(-c2cc(-n3c4cc(-n5c6ccccc6c6ccccc65)ccc4c4ccc(-n5c6ccccc6c6ccccc65)cc43)c(C#N)c(-n3c4cc(-n5c6ccccc6c6ccccc65)ccc4c4ccc(-n5c6ccccc6c6ccccc65)cc43)c2)cc(C(F)(F)F)c1. The summed E-state index contributed by atoms with van der Waals surface area (Å²) >= 11 is 0. The predicted octanol–water partition coefficient (Wildman–Crippen LogP) is 23.1. The molecule has 20 rings (SSSR count). The smallest absolute Gasteiger partial charge is 0.309 e. The Hall–Kier alpha value is -12.8. The average molecular weight is 1250 g/mol. The molecule has 10 heteroatoms. The molecule has 7 nitrogen and oxygen atoms in total. The van der Waals surface area contributed by atoms with Crippen molar-refractivity contribution in [2.24, 2.45) is 0 Å². The molecule has 20 aromatic rings. The van der Waals surface area contributed by atoms with Crippen LogP contribution in [0.15, 0.2) is 297 Å². The molecule has 0 unspecified atom stereocenters. The third-order valence-electron chi connectivity index (χ3n) is 20.3. The predicted molar refractivity (Wildman–Crippen MR) is 392 cm³/mol. The molecule has 0 atom stereocenters. The Balaban J connectivity index is 0.951. The number of hydrogen-bond donors (Lipinski definition) is 0. The molecule has 0 aliphatic rings. The van der Waals surface area contributed by atoms with Crippen LogP contribution in [0.1, 0.15) is 16.7 Å². The number of benzene rings is 14. The van der Waals surface area contributed by atoms with Crippen molar-refractivity contribution >= 4 is 131 Å². The number of fused-ring (bicyclic) bond motifs is 18. The van der Waals surface area contributed by atoms with E-state index < -0.39 is 11.7 Å². The van der Waals surface area contributed by atoms with Crippen LogP contribution in [0.2, 0.25) is 0 Å². The fourth-order valence-corrected chi connectivity index (χ4v) is 16.2. The molecule has 0 aliphatic carbocycles. The lowest BCUT2D eigenvalue weighted by Gasteiger charge is -2.20. The molecule has 0 fully saturated rings. The van der Waals surface area contributed by atoms with E-state index in [0.717, 1.165) is 154 Å². The number of nitriles is 1. The molecule has 0 saturated carbocycles. The third kappa shape index (κ3) is 7.91. The maximum absolute atomic E-state index is 15.4. The van der Waals surface area contributed by atoms with Crippen LogP contribution in [0, 0.1) is 18.3 Å². The summed E-state index contributed by atoms with van der Waals surface area (Å²) in [5.41, 5.74) is 17.0. The highest BCUT2D eigenvalue weighted by atomic mass is 19.4. The Morgan fingerprint density at radius 3 is 0.742 bits per heavy atom. The average Bonchev–Trinajstić information content (AvgIpc) is 1.58. The van der Waals surface area contributed by atoms with Crippen molar-refractivity contribution in [1.82, 2.24) is 27.4 Å². The molecule has 14 aromatic carbocycles. The molecule has 0 saturated heterocycles. The van der Waals surface area contributed by atoms with Gasteiger partial charge in [-0.3, -0.25) is 0 Å². The van der Waals surface area contributed by atoms with E-state index in [0.29, 0.717) is 33.6 Å². The van der Waals surface area contributed by atoms with Crippen LogP contribution in [0.4, 0.5) is 13.2 Å². The van der Waals surface area contributed by atoms with Gasteiger partial charge in [-0.05, 0) is 145 Å². The summed E-state index contributed by atoms with van der Waals surface area (Å²) in [7, 11) is 0. The van der Waals surface area contributed by atoms with Crippen molar-refractivity contribution in [3.8, 4) is 51.3 Å². The van der Waals surface area contributed by atoms with Gasteiger partial charge in [0.1, 0.15) is 11.6 Å². The molecule has 6 heterocycles. The summed E-state index contributed by atoms with van der Waals surface area (Å²) in [6.07, 6.45) is -4.66. The first kappa shape index (κ1) is 54.7. The maximum atomic E-state index is 15.4. The van der Waals surface area contributed by atoms with Gasteiger partial charge in [-0.1, -0.05) is 176 Å². The van der Waals surface area contributed by atoms with E-state index in [9.17, 15) is 5.26 Å². The molecular formula is C87H52F3N7. The Morgan fingerprint density at radius 2 is 0.495 bits per heavy atom. The summed E-state index contributed by atoms with van der Waals surface area (Å²) in [6.45, 7) is 1.71. The zero-order chi connectivity index (χ0) is 64.5. The molecule has 0 amide bonds. The molecule has 97 heavy (non-hydrogen) atoms. The second kappa shape index (κ2) is 20.3. The van der Waals surface area contributed by atoms with Crippen molar-refractivity contribution in [2.75, 3.05) is 0 Å². The number of alkyl halides is 3. The van der Waals surface area contributed by atoms with Gasteiger partial charge in [0, 0.05) is 87.4 Å². The normalized spacial score (nSPS) is 12.3. The first-order chi connectivity index (χ1) is 47.6. The van der Waals surface area contributed by atoms with Gasteiger partial charge in [0.25, 0.3) is 0 Å². The standard InChI is InChI=1S/C87H52F3N7/c1-52-42-53(44-55(43-52)87(88,89)90)54-45-81(96-83-47-56(92-73-26-10-2-18-60(73)61-19-3-11-27-74(61)92)34-38-68(83)69-39-35-57(48-84(69)96)93-75-28-12-4-20-62(75)63-21-5-13-29-76(63)93)72(51-91)82(46-54)97-85-49-58(94-77-30-14-6-22-64(77)65-23-7-15-31-78(65)94)36-40-70(85)71-41-37-59(50-86(71)97)95-79-32-16-8-24-66(79)67-25-9-17-33-80(67)95/h2-50H,1H3. The maximum Gasteiger partial charge on any atom is 0.416 e. The lowest BCUT2D eigenvalue weighted by molar-refractivity contribution is -0.137. The van der Waals surface area contributed by atoms with Crippen LogP contribution in [-0.2, 0) is 6.18 Å². The minimum absolute atomic E-state index is 0.319. The van der Waals surface area contributed by atoms with Gasteiger partial charge in [0.2, 0.25) is 0 Å². The van der Waals surface area contributed by atoms with E-state index in [1.54, 1.807) is 6.92 Å². The number of rotatable bonds is 7. The van der Waals surface area contributed by atoms with Gasteiger partial charge in [0.05, 0.1) is 83.1 Å². The van der Waals surface area contributed by atoms with E-state index in [2.05, 4.69) is 300 Å². The number of para-hydroxylation sites is 8. The molecule has 0 radical (unpaired) electrons. The lowest BCUT2D eigenvalue weighted by Crippen LogP contribution is -2.07. The third-order valence-corrected chi connectivity index (χ3v) is 20.3. The highest BCUT2D eigenvalue weighted by molar-refractivity contribution is 6.17. The van der Waals surface area contributed by atoms with Crippen LogP contribution < -0.4 is 0 Å². The Labute approximate surface area is 552 Å². The number of aromatic nitrogens is 6. The first-order valence-corrected chi connectivity index (χ1v) is 32.5.